The lowest BCUT2D eigenvalue weighted by Gasteiger charge is -2.04. The highest BCUT2D eigenvalue weighted by Crippen LogP contribution is 2.22. The first-order valence-corrected chi connectivity index (χ1v) is 5.20. The Bertz CT molecular complexity index is 645. The zero-order valence-electron chi connectivity index (χ0n) is 8.44. The fraction of sp³-hybridized carbons (Fsp3) is 0.250. The molecule has 1 N–H and O–H groups in total. The van der Waals surface area contributed by atoms with E-state index in [-0.39, 0.29) is 16.3 Å². The number of rotatable bonds is 0. The van der Waals surface area contributed by atoms with Gasteiger partial charge in [0.1, 0.15) is 0 Å². The Labute approximate surface area is 89.9 Å². The van der Waals surface area contributed by atoms with Crippen molar-refractivity contribution in [3.8, 4) is 0 Å². The maximum Gasteiger partial charge on any atom is 0.192 e. The molecule has 1 aliphatic rings. The minimum Gasteiger partial charge on any atom is -0.355 e. The molecule has 0 fully saturated rings. The predicted octanol–water partition coefficient (Wildman–Crippen LogP) is 2.29. The van der Waals surface area contributed by atoms with Gasteiger partial charge in [0.2, 0.25) is 0 Å². The van der Waals surface area contributed by atoms with E-state index in [1.165, 1.54) is 6.07 Å². The summed E-state index contributed by atoms with van der Waals surface area (Å²) >= 11 is 0. The van der Waals surface area contributed by atoms with Gasteiger partial charge in [-0.25, -0.2) is 8.78 Å². The molecule has 4 heteroatoms. The zero-order chi connectivity index (χ0) is 11.3. The Morgan fingerprint density at radius 2 is 2.00 bits per heavy atom. The average Bonchev–Trinajstić information content (AvgIpc) is 2.73. The highest BCUT2D eigenvalue weighted by molar-refractivity contribution is 5.80. The molecule has 0 spiro atoms. The van der Waals surface area contributed by atoms with E-state index in [1.807, 2.05) is 0 Å². The van der Waals surface area contributed by atoms with Crippen LogP contribution < -0.4 is 5.43 Å². The van der Waals surface area contributed by atoms with Crippen molar-refractivity contribution in [3.63, 3.8) is 0 Å². The molecule has 0 radical (unpaired) electrons. The van der Waals surface area contributed by atoms with Gasteiger partial charge in [-0.3, -0.25) is 4.79 Å². The lowest BCUT2D eigenvalue weighted by Crippen LogP contribution is -2.11. The second-order valence-corrected chi connectivity index (χ2v) is 4.05. The van der Waals surface area contributed by atoms with E-state index in [0.29, 0.717) is 0 Å². The molecule has 0 aliphatic heterocycles. The van der Waals surface area contributed by atoms with Gasteiger partial charge in [-0.2, -0.15) is 0 Å². The topological polar surface area (TPSA) is 32.9 Å². The summed E-state index contributed by atoms with van der Waals surface area (Å²) in [6.45, 7) is 0. The van der Waals surface area contributed by atoms with E-state index in [9.17, 15) is 13.6 Å². The van der Waals surface area contributed by atoms with Crippen LogP contribution in [0.2, 0.25) is 0 Å². The molecule has 82 valence electrons. The van der Waals surface area contributed by atoms with Crippen molar-refractivity contribution in [1.29, 1.82) is 0 Å². The highest BCUT2D eigenvalue weighted by Gasteiger charge is 2.19. The Morgan fingerprint density at radius 1 is 1.19 bits per heavy atom. The first-order chi connectivity index (χ1) is 7.68. The number of pyridine rings is 1. The number of halogens is 2. The van der Waals surface area contributed by atoms with Crippen molar-refractivity contribution < 1.29 is 8.78 Å². The largest absolute Gasteiger partial charge is 0.355 e. The van der Waals surface area contributed by atoms with Crippen molar-refractivity contribution in [3.05, 3.63) is 45.2 Å². The van der Waals surface area contributed by atoms with Gasteiger partial charge in [0.25, 0.3) is 0 Å². The Kier molecular flexibility index (Phi) is 1.87. The minimum atomic E-state index is -0.968. The molecule has 16 heavy (non-hydrogen) atoms. The molecule has 0 unspecified atom stereocenters. The molecule has 1 aliphatic carbocycles. The molecule has 1 heterocycles. The summed E-state index contributed by atoms with van der Waals surface area (Å²) < 4.78 is 26.5. The lowest BCUT2D eigenvalue weighted by molar-refractivity contribution is 0.515. The fourth-order valence-electron chi connectivity index (χ4n) is 2.31. The number of aryl methyl sites for hydroxylation is 1. The zero-order valence-corrected chi connectivity index (χ0v) is 8.44. The third kappa shape index (κ3) is 1.13. The van der Waals surface area contributed by atoms with E-state index >= 15 is 0 Å². The SMILES string of the molecule is O=c1c2c([nH]c3c(F)c(F)ccc13)CCC2. The van der Waals surface area contributed by atoms with Crippen LogP contribution in [0.4, 0.5) is 8.78 Å². The third-order valence-corrected chi connectivity index (χ3v) is 3.11. The van der Waals surface area contributed by atoms with Gasteiger partial charge < -0.3 is 4.98 Å². The molecule has 2 aromatic rings. The van der Waals surface area contributed by atoms with E-state index in [1.54, 1.807) is 0 Å². The third-order valence-electron chi connectivity index (χ3n) is 3.11. The van der Waals surface area contributed by atoms with Crippen LogP contribution in [0.3, 0.4) is 0 Å². The Hall–Kier alpha value is -1.71. The monoisotopic (exact) mass is 221 g/mol. The Balaban J connectivity index is 2.51. The molecule has 0 amide bonds. The molecule has 1 aromatic carbocycles. The van der Waals surface area contributed by atoms with Crippen LogP contribution in [0.5, 0.6) is 0 Å². The molecular formula is C12H9F2NO. The van der Waals surface area contributed by atoms with Gasteiger partial charge in [0.05, 0.1) is 5.52 Å². The molecule has 2 nitrogen and oxygen atoms in total. The van der Waals surface area contributed by atoms with E-state index in [2.05, 4.69) is 4.98 Å². The minimum absolute atomic E-state index is 0.00866. The smallest absolute Gasteiger partial charge is 0.192 e. The van der Waals surface area contributed by atoms with Crippen molar-refractivity contribution >= 4 is 10.9 Å². The fourth-order valence-corrected chi connectivity index (χ4v) is 2.31. The van der Waals surface area contributed by atoms with Gasteiger partial charge in [0, 0.05) is 16.6 Å². The summed E-state index contributed by atoms with van der Waals surface area (Å²) in [5.74, 6) is -1.90. The molecule has 0 saturated carbocycles. The van der Waals surface area contributed by atoms with Crippen molar-refractivity contribution in [2.45, 2.75) is 19.3 Å². The quantitative estimate of drug-likeness (QED) is 0.727. The standard InChI is InChI=1S/C12H9F2NO/c13-8-5-4-7-11(10(8)14)15-9-3-1-2-6(9)12(7)16/h4-5H,1-3H2,(H,15,16). The van der Waals surface area contributed by atoms with Crippen LogP contribution in [-0.4, -0.2) is 4.98 Å². The number of hydrogen-bond donors (Lipinski definition) is 1. The number of benzene rings is 1. The summed E-state index contributed by atoms with van der Waals surface area (Å²) in [5, 5.41) is 0.236. The van der Waals surface area contributed by atoms with Gasteiger partial charge in [0.15, 0.2) is 17.1 Å². The number of hydrogen-bond acceptors (Lipinski definition) is 1. The summed E-state index contributed by atoms with van der Waals surface area (Å²) in [4.78, 5) is 14.8. The van der Waals surface area contributed by atoms with Crippen LogP contribution in [0, 0.1) is 11.6 Å². The highest BCUT2D eigenvalue weighted by atomic mass is 19.2. The number of H-pyrrole nitrogens is 1. The molecule has 0 atom stereocenters. The normalized spacial score (nSPS) is 14.4. The first kappa shape index (κ1) is 9.51. The van der Waals surface area contributed by atoms with Crippen LogP contribution in [0.15, 0.2) is 16.9 Å². The lowest BCUT2D eigenvalue weighted by atomic mass is 10.1. The van der Waals surface area contributed by atoms with Gasteiger partial charge in [-0.05, 0) is 31.4 Å². The van der Waals surface area contributed by atoms with Crippen molar-refractivity contribution in [2.24, 2.45) is 0 Å². The number of fused-ring (bicyclic) bond motifs is 2. The molecule has 0 bridgehead atoms. The van der Waals surface area contributed by atoms with Crippen LogP contribution in [0.25, 0.3) is 10.9 Å². The average molecular weight is 221 g/mol. The second kappa shape index (κ2) is 3.14. The maximum absolute atomic E-state index is 13.5. The van der Waals surface area contributed by atoms with Crippen molar-refractivity contribution in [1.82, 2.24) is 4.98 Å². The van der Waals surface area contributed by atoms with Crippen LogP contribution in [-0.2, 0) is 12.8 Å². The summed E-state index contributed by atoms with van der Waals surface area (Å²) in [6.07, 6.45) is 2.34. The first-order valence-electron chi connectivity index (χ1n) is 5.20. The van der Waals surface area contributed by atoms with Gasteiger partial charge in [-0.15, -0.1) is 0 Å². The van der Waals surface area contributed by atoms with E-state index < -0.39 is 11.6 Å². The molecule has 0 saturated heterocycles. The number of aromatic nitrogens is 1. The maximum atomic E-state index is 13.5. The van der Waals surface area contributed by atoms with E-state index in [4.69, 9.17) is 0 Å². The van der Waals surface area contributed by atoms with Crippen LogP contribution >= 0.6 is 0 Å². The number of aromatic amines is 1. The summed E-state index contributed by atoms with van der Waals surface area (Å²) in [5.41, 5.74) is 1.30. The second-order valence-electron chi connectivity index (χ2n) is 4.05. The van der Waals surface area contributed by atoms with Crippen molar-refractivity contribution in [2.75, 3.05) is 0 Å². The summed E-state index contributed by atoms with van der Waals surface area (Å²) in [6, 6.07) is 2.33. The molecule has 1 aromatic heterocycles. The molecule has 3 rings (SSSR count). The molecular weight excluding hydrogens is 212 g/mol. The van der Waals surface area contributed by atoms with E-state index in [0.717, 1.165) is 36.6 Å². The van der Waals surface area contributed by atoms with Gasteiger partial charge in [-0.1, -0.05) is 0 Å². The predicted molar refractivity (Wildman–Crippen MR) is 56.5 cm³/mol. The summed E-state index contributed by atoms with van der Waals surface area (Å²) in [7, 11) is 0. The van der Waals surface area contributed by atoms with Gasteiger partial charge >= 0.3 is 0 Å². The number of nitrogens with one attached hydrogen (secondary N) is 1. The Morgan fingerprint density at radius 3 is 2.81 bits per heavy atom. The van der Waals surface area contributed by atoms with Crippen LogP contribution in [0.1, 0.15) is 17.7 Å².